The van der Waals surface area contributed by atoms with Gasteiger partial charge in [-0.05, 0) is 0 Å². The SMILES string of the molecule is O=CC/C(=C\[O-])C(=O)O. The van der Waals surface area contributed by atoms with E-state index in [-0.39, 0.29) is 12.7 Å². The lowest BCUT2D eigenvalue weighted by Gasteiger charge is -1.96. The molecule has 0 fully saturated rings. The van der Waals surface area contributed by atoms with Crippen molar-refractivity contribution in [2.24, 2.45) is 0 Å². The maximum Gasteiger partial charge on any atom is 0.330 e. The van der Waals surface area contributed by atoms with Crippen LogP contribution >= 0.6 is 0 Å². The number of aldehydes is 1. The lowest BCUT2D eigenvalue weighted by atomic mass is 10.2. The minimum absolute atomic E-state index is 0.163. The fourth-order valence-corrected chi connectivity index (χ4v) is 0.276. The van der Waals surface area contributed by atoms with Crippen molar-refractivity contribution in [1.29, 1.82) is 0 Å². The van der Waals surface area contributed by atoms with E-state index in [1.54, 1.807) is 0 Å². The zero-order valence-corrected chi connectivity index (χ0v) is 4.53. The van der Waals surface area contributed by atoms with Gasteiger partial charge in [-0.15, -0.1) is 6.26 Å². The number of carbonyl (C=O) groups is 2. The van der Waals surface area contributed by atoms with Gasteiger partial charge in [-0.2, -0.15) is 0 Å². The average molecular weight is 129 g/mol. The normalized spacial score (nSPS) is 10.9. The van der Waals surface area contributed by atoms with Crippen molar-refractivity contribution in [1.82, 2.24) is 0 Å². The Hall–Kier alpha value is -1.32. The molecule has 0 saturated heterocycles. The van der Waals surface area contributed by atoms with Crippen molar-refractivity contribution >= 4 is 12.3 Å². The Morgan fingerprint density at radius 2 is 2.22 bits per heavy atom. The van der Waals surface area contributed by atoms with E-state index in [1.165, 1.54) is 0 Å². The van der Waals surface area contributed by atoms with Crippen LogP contribution in [0.4, 0.5) is 0 Å². The lowest BCUT2D eigenvalue weighted by molar-refractivity contribution is -0.276. The van der Waals surface area contributed by atoms with Gasteiger partial charge in [0.15, 0.2) is 0 Å². The fourth-order valence-electron chi connectivity index (χ4n) is 0.276. The van der Waals surface area contributed by atoms with Crippen molar-refractivity contribution in [2.45, 2.75) is 6.42 Å². The van der Waals surface area contributed by atoms with Crippen molar-refractivity contribution in [3.8, 4) is 0 Å². The van der Waals surface area contributed by atoms with Crippen LogP contribution in [-0.4, -0.2) is 17.4 Å². The molecule has 0 rings (SSSR count). The summed E-state index contributed by atoms with van der Waals surface area (Å²) in [6.45, 7) is 0. The summed E-state index contributed by atoms with van der Waals surface area (Å²) >= 11 is 0. The maximum atomic E-state index is 9.89. The third kappa shape index (κ3) is 2.48. The molecule has 0 heterocycles. The molecule has 0 saturated carbocycles. The highest BCUT2D eigenvalue weighted by molar-refractivity contribution is 5.89. The van der Waals surface area contributed by atoms with E-state index < -0.39 is 11.5 Å². The molecule has 0 bridgehead atoms. The van der Waals surface area contributed by atoms with E-state index in [0.29, 0.717) is 6.29 Å². The third-order valence-corrected chi connectivity index (χ3v) is 0.720. The van der Waals surface area contributed by atoms with Crippen LogP contribution in [0.1, 0.15) is 6.42 Å². The Morgan fingerprint density at radius 3 is 2.33 bits per heavy atom. The number of rotatable bonds is 3. The van der Waals surface area contributed by atoms with Gasteiger partial charge in [-0.3, -0.25) is 0 Å². The molecule has 0 aliphatic carbocycles. The van der Waals surface area contributed by atoms with Gasteiger partial charge in [-0.25, -0.2) is 4.79 Å². The van der Waals surface area contributed by atoms with Gasteiger partial charge in [0, 0.05) is 12.0 Å². The van der Waals surface area contributed by atoms with E-state index in [0.717, 1.165) is 0 Å². The van der Waals surface area contributed by atoms with Crippen molar-refractivity contribution in [3.05, 3.63) is 11.8 Å². The smallest absolute Gasteiger partial charge is 0.330 e. The summed E-state index contributed by atoms with van der Waals surface area (Å²) in [6.07, 6.45) is 0.216. The number of hydrogen-bond donors (Lipinski definition) is 1. The summed E-state index contributed by atoms with van der Waals surface area (Å²) in [4.78, 5) is 19.5. The van der Waals surface area contributed by atoms with Crippen LogP contribution in [0.3, 0.4) is 0 Å². The van der Waals surface area contributed by atoms with E-state index in [2.05, 4.69) is 0 Å². The molecular formula is C5H5O4-. The summed E-state index contributed by atoms with van der Waals surface area (Å²) in [5.41, 5.74) is -0.412. The Morgan fingerprint density at radius 1 is 1.67 bits per heavy atom. The monoisotopic (exact) mass is 129 g/mol. The summed E-state index contributed by atoms with van der Waals surface area (Å²) in [7, 11) is 0. The molecule has 1 N–H and O–H groups in total. The van der Waals surface area contributed by atoms with Crippen molar-refractivity contribution in [3.63, 3.8) is 0 Å². The number of aliphatic carboxylic acids is 1. The first kappa shape index (κ1) is 7.68. The average Bonchev–Trinajstić information content (AvgIpc) is 1.82. The van der Waals surface area contributed by atoms with Gasteiger partial charge in [0.2, 0.25) is 0 Å². The van der Waals surface area contributed by atoms with Gasteiger partial charge in [-0.1, -0.05) is 0 Å². The highest BCUT2D eigenvalue weighted by Crippen LogP contribution is 1.94. The minimum atomic E-state index is -1.34. The molecule has 0 radical (unpaired) electrons. The second-order valence-electron chi connectivity index (χ2n) is 1.32. The molecule has 0 aliphatic heterocycles. The van der Waals surface area contributed by atoms with Crippen molar-refractivity contribution < 1.29 is 19.8 Å². The molecule has 9 heavy (non-hydrogen) atoms. The first-order valence-electron chi connectivity index (χ1n) is 2.20. The highest BCUT2D eigenvalue weighted by atomic mass is 16.4. The molecule has 0 atom stereocenters. The van der Waals surface area contributed by atoms with Gasteiger partial charge in [0.1, 0.15) is 6.29 Å². The highest BCUT2D eigenvalue weighted by Gasteiger charge is 2.00. The maximum absolute atomic E-state index is 9.89. The summed E-state index contributed by atoms with van der Waals surface area (Å²) in [5, 5.41) is 17.8. The largest absolute Gasteiger partial charge is 0.878 e. The van der Waals surface area contributed by atoms with E-state index in [4.69, 9.17) is 5.11 Å². The Kier molecular flexibility index (Phi) is 3.12. The number of carboxylic acids is 1. The zero-order chi connectivity index (χ0) is 7.28. The van der Waals surface area contributed by atoms with Crippen LogP contribution < -0.4 is 5.11 Å². The molecule has 0 aromatic heterocycles. The summed E-state index contributed by atoms with van der Waals surface area (Å²) in [6, 6.07) is 0. The van der Waals surface area contributed by atoms with E-state index in [9.17, 15) is 14.7 Å². The van der Waals surface area contributed by atoms with Crippen molar-refractivity contribution in [2.75, 3.05) is 0 Å². The molecule has 0 unspecified atom stereocenters. The molecule has 4 nitrogen and oxygen atoms in total. The number of carbonyl (C=O) groups excluding carboxylic acids is 1. The van der Waals surface area contributed by atoms with Gasteiger partial charge < -0.3 is 15.0 Å². The standard InChI is InChI=1S/C5H6O4/c6-2-1-4(3-7)5(8)9/h2-3,7H,1H2,(H,8,9)/p-1/b4-3+. The molecule has 0 aromatic carbocycles. The first-order chi connectivity index (χ1) is 4.22. The fraction of sp³-hybridized carbons (Fsp3) is 0.200. The molecule has 0 spiro atoms. The van der Waals surface area contributed by atoms with Crippen LogP contribution in [-0.2, 0) is 9.59 Å². The summed E-state index contributed by atoms with van der Waals surface area (Å²) in [5.74, 6) is -1.34. The molecular weight excluding hydrogens is 124 g/mol. The predicted molar refractivity (Wildman–Crippen MR) is 26.4 cm³/mol. The minimum Gasteiger partial charge on any atom is -0.878 e. The second kappa shape index (κ2) is 3.65. The zero-order valence-electron chi connectivity index (χ0n) is 4.53. The van der Waals surface area contributed by atoms with Crippen LogP contribution in [0.5, 0.6) is 0 Å². The molecule has 0 amide bonds. The van der Waals surface area contributed by atoms with Crippen LogP contribution in [0.25, 0.3) is 0 Å². The van der Waals surface area contributed by atoms with Crippen LogP contribution in [0.15, 0.2) is 11.8 Å². The van der Waals surface area contributed by atoms with Crippen LogP contribution in [0.2, 0.25) is 0 Å². The Labute approximate surface area is 51.4 Å². The van der Waals surface area contributed by atoms with Gasteiger partial charge in [0.05, 0.1) is 0 Å². The molecule has 4 heteroatoms. The predicted octanol–water partition coefficient (Wildman–Crippen LogP) is -1.10. The van der Waals surface area contributed by atoms with E-state index in [1.807, 2.05) is 0 Å². The number of hydrogen-bond acceptors (Lipinski definition) is 3. The molecule has 50 valence electrons. The lowest BCUT2D eigenvalue weighted by Crippen LogP contribution is -2.05. The molecule has 0 aliphatic rings. The molecule has 0 aromatic rings. The van der Waals surface area contributed by atoms with Crippen LogP contribution in [0, 0.1) is 0 Å². The topological polar surface area (TPSA) is 77.4 Å². The Bertz CT molecular complexity index is 147. The van der Waals surface area contributed by atoms with E-state index >= 15 is 0 Å². The number of carboxylic acid groups (broad SMARTS) is 1. The Balaban J connectivity index is 4.00. The summed E-state index contributed by atoms with van der Waals surface area (Å²) < 4.78 is 0. The second-order valence-corrected chi connectivity index (χ2v) is 1.32. The van der Waals surface area contributed by atoms with Gasteiger partial charge in [0.25, 0.3) is 0 Å². The van der Waals surface area contributed by atoms with Gasteiger partial charge >= 0.3 is 5.97 Å². The first-order valence-corrected chi connectivity index (χ1v) is 2.20. The quantitative estimate of drug-likeness (QED) is 0.298. The third-order valence-electron chi connectivity index (χ3n) is 0.720.